The summed E-state index contributed by atoms with van der Waals surface area (Å²) in [5.74, 6) is 1.24. The number of guanidine groups is 1. The molecule has 0 unspecified atom stereocenters. The van der Waals surface area contributed by atoms with E-state index in [4.69, 9.17) is 10.7 Å². The average molecular weight is 458 g/mol. The fourth-order valence-corrected chi connectivity index (χ4v) is 6.12. The number of aliphatic imine (C=N–C) groups is 1. The first kappa shape index (κ1) is 23.8. The molecule has 0 radical (unpaired) electrons. The van der Waals surface area contributed by atoms with Crippen LogP contribution in [-0.2, 0) is 9.59 Å². The van der Waals surface area contributed by atoms with Crippen LogP contribution < -0.4 is 11.1 Å². The van der Waals surface area contributed by atoms with Gasteiger partial charge in [-0.05, 0) is 50.0 Å². The van der Waals surface area contributed by atoms with Crippen LogP contribution in [-0.4, -0.2) is 58.1 Å². The van der Waals surface area contributed by atoms with Crippen molar-refractivity contribution < 1.29 is 14.8 Å². The van der Waals surface area contributed by atoms with Crippen LogP contribution in [0.1, 0.15) is 77.0 Å². The van der Waals surface area contributed by atoms with Crippen LogP contribution in [0.25, 0.3) is 0 Å². The van der Waals surface area contributed by atoms with E-state index >= 15 is 0 Å². The molecule has 2 aliphatic carbocycles. The molecule has 0 aromatic rings. The van der Waals surface area contributed by atoms with Crippen molar-refractivity contribution in [3.63, 3.8) is 0 Å². The summed E-state index contributed by atoms with van der Waals surface area (Å²) in [7, 11) is 1.73. The molecule has 2 saturated carbocycles. The zero-order chi connectivity index (χ0) is 23.4. The van der Waals surface area contributed by atoms with E-state index in [9.17, 15) is 14.8 Å². The lowest BCUT2D eigenvalue weighted by molar-refractivity contribution is -0.131. The van der Waals surface area contributed by atoms with Crippen LogP contribution >= 0.6 is 0 Å². The van der Waals surface area contributed by atoms with Gasteiger partial charge in [-0.15, -0.1) is 0 Å². The minimum atomic E-state index is -0.749. The zero-order valence-electron chi connectivity index (χ0n) is 19.8. The number of allylic oxidation sites excluding steroid dienone is 2. The van der Waals surface area contributed by atoms with E-state index in [0.29, 0.717) is 29.8 Å². The summed E-state index contributed by atoms with van der Waals surface area (Å²) in [4.78, 5) is 32.3. The minimum Gasteiger partial charge on any atom is -0.369 e. The molecule has 2 aliphatic heterocycles. The number of carbonyl (C=O) groups excluding carboxylic acids is 2. The summed E-state index contributed by atoms with van der Waals surface area (Å²) in [5, 5.41) is 13.8. The summed E-state index contributed by atoms with van der Waals surface area (Å²) in [6.45, 7) is 0.192. The Labute approximate surface area is 196 Å². The number of hydrogen-bond acceptors (Lipinski definition) is 6. The van der Waals surface area contributed by atoms with Gasteiger partial charge in [0.15, 0.2) is 5.96 Å². The molecular formula is C25H39N5O3. The molecule has 4 rings (SSSR count). The van der Waals surface area contributed by atoms with Gasteiger partial charge in [0.05, 0.1) is 6.54 Å². The van der Waals surface area contributed by atoms with Gasteiger partial charge in [-0.3, -0.25) is 24.8 Å². The first-order chi connectivity index (χ1) is 15.9. The Hall–Kier alpha value is -2.35. The highest BCUT2D eigenvalue weighted by atomic mass is 16.5. The third kappa shape index (κ3) is 5.60. The predicted molar refractivity (Wildman–Crippen MR) is 127 cm³/mol. The molecule has 8 nitrogen and oxygen atoms in total. The Morgan fingerprint density at radius 3 is 2.67 bits per heavy atom. The molecule has 2 fully saturated rings. The van der Waals surface area contributed by atoms with E-state index in [-0.39, 0.29) is 24.4 Å². The summed E-state index contributed by atoms with van der Waals surface area (Å²) in [5.41, 5.74) is 5.91. The molecule has 4 N–H and O–H groups in total. The highest BCUT2D eigenvalue weighted by Gasteiger charge is 2.48. The summed E-state index contributed by atoms with van der Waals surface area (Å²) >= 11 is 0. The Balaban J connectivity index is 1.39. The van der Waals surface area contributed by atoms with Crippen LogP contribution in [0.5, 0.6) is 0 Å². The number of amides is 2. The number of likely N-dealkylation sites (N-methyl/N-ethyl adjacent to an activating group) is 1. The molecule has 4 aliphatic rings. The van der Waals surface area contributed by atoms with E-state index < -0.39 is 5.54 Å². The molecule has 8 heteroatoms. The number of rotatable bonds is 7. The maximum absolute atomic E-state index is 13.3. The Bertz CT molecular complexity index is 832. The van der Waals surface area contributed by atoms with Gasteiger partial charge >= 0.3 is 0 Å². The molecule has 0 aromatic carbocycles. The average Bonchev–Trinajstić information content (AvgIpc) is 3.02. The van der Waals surface area contributed by atoms with Crippen LogP contribution in [0.15, 0.2) is 28.9 Å². The largest absolute Gasteiger partial charge is 0.369 e. The maximum Gasteiger partial charge on any atom is 0.257 e. The number of carbonyl (C=O) groups is 2. The monoisotopic (exact) mass is 457 g/mol. The highest BCUT2D eigenvalue weighted by Crippen LogP contribution is 2.40. The maximum atomic E-state index is 13.3. The van der Waals surface area contributed by atoms with Gasteiger partial charge in [0.1, 0.15) is 5.54 Å². The first-order valence-corrected chi connectivity index (χ1v) is 12.6. The van der Waals surface area contributed by atoms with E-state index in [1.807, 2.05) is 0 Å². The number of hydroxylamine groups is 2. The van der Waals surface area contributed by atoms with Gasteiger partial charge in [0.2, 0.25) is 5.91 Å². The minimum absolute atomic E-state index is 0.0316. The normalized spacial score (nSPS) is 30.9. The fraction of sp³-hybridized carbons (Fsp3) is 0.720. The van der Waals surface area contributed by atoms with Crippen LogP contribution in [0.4, 0.5) is 0 Å². The third-order valence-corrected chi connectivity index (χ3v) is 7.99. The van der Waals surface area contributed by atoms with Crippen molar-refractivity contribution in [1.82, 2.24) is 15.3 Å². The van der Waals surface area contributed by atoms with Crippen molar-refractivity contribution in [2.45, 2.75) is 88.6 Å². The Kier molecular flexibility index (Phi) is 7.41. The van der Waals surface area contributed by atoms with Gasteiger partial charge in [-0.1, -0.05) is 51.0 Å². The van der Waals surface area contributed by atoms with Crippen molar-refractivity contribution in [1.29, 1.82) is 0 Å². The first-order valence-electron chi connectivity index (χ1n) is 12.6. The van der Waals surface area contributed by atoms with E-state index in [0.717, 1.165) is 43.6 Å². The van der Waals surface area contributed by atoms with E-state index in [1.165, 1.54) is 43.2 Å². The van der Waals surface area contributed by atoms with Gasteiger partial charge in [0.25, 0.3) is 5.91 Å². The SMILES string of the molecule is CN1C(=O)[C@@](CCC2CCCCC2)(C[C@H]2CCC[C@@H](NC(=O)C3=CC=CN(O)C3)C2)N=C1N. The van der Waals surface area contributed by atoms with E-state index in [1.54, 1.807) is 19.2 Å². The second-order valence-corrected chi connectivity index (χ2v) is 10.4. The van der Waals surface area contributed by atoms with Gasteiger partial charge < -0.3 is 11.1 Å². The number of nitrogens with one attached hydrogen (secondary N) is 1. The zero-order valence-corrected chi connectivity index (χ0v) is 19.8. The lowest BCUT2D eigenvalue weighted by atomic mass is 9.74. The van der Waals surface area contributed by atoms with Crippen molar-refractivity contribution >= 4 is 17.8 Å². The van der Waals surface area contributed by atoms with Crippen LogP contribution in [0.3, 0.4) is 0 Å². The van der Waals surface area contributed by atoms with Crippen molar-refractivity contribution in [3.05, 3.63) is 23.9 Å². The van der Waals surface area contributed by atoms with Crippen molar-refractivity contribution in [2.24, 2.45) is 22.6 Å². The van der Waals surface area contributed by atoms with E-state index in [2.05, 4.69) is 5.32 Å². The molecule has 2 heterocycles. The van der Waals surface area contributed by atoms with Gasteiger partial charge in [-0.2, -0.15) is 0 Å². The molecule has 33 heavy (non-hydrogen) atoms. The summed E-state index contributed by atoms with van der Waals surface area (Å²) < 4.78 is 0. The van der Waals surface area contributed by atoms with Crippen LogP contribution in [0.2, 0.25) is 0 Å². The Morgan fingerprint density at radius 2 is 1.97 bits per heavy atom. The molecular weight excluding hydrogens is 418 g/mol. The molecule has 0 spiro atoms. The smallest absolute Gasteiger partial charge is 0.257 e. The summed E-state index contributed by atoms with van der Waals surface area (Å²) in [6.07, 6.45) is 17.7. The summed E-state index contributed by atoms with van der Waals surface area (Å²) in [6, 6.07) is 0.0705. The molecule has 2 amide bonds. The number of nitrogens with zero attached hydrogens (tertiary/aromatic N) is 3. The van der Waals surface area contributed by atoms with Crippen molar-refractivity contribution in [3.8, 4) is 0 Å². The van der Waals surface area contributed by atoms with Gasteiger partial charge in [-0.25, -0.2) is 4.99 Å². The topological polar surface area (TPSA) is 111 Å². The highest BCUT2D eigenvalue weighted by molar-refractivity contribution is 6.06. The predicted octanol–water partition coefficient (Wildman–Crippen LogP) is 3.08. The molecule has 3 atom stereocenters. The quantitative estimate of drug-likeness (QED) is 0.544. The lowest BCUT2D eigenvalue weighted by Crippen LogP contribution is -2.45. The number of nitrogens with two attached hydrogens (primary N) is 1. The second-order valence-electron chi connectivity index (χ2n) is 10.4. The second kappa shape index (κ2) is 10.3. The Morgan fingerprint density at radius 1 is 1.21 bits per heavy atom. The molecule has 0 bridgehead atoms. The third-order valence-electron chi connectivity index (χ3n) is 7.99. The molecule has 0 saturated heterocycles. The van der Waals surface area contributed by atoms with Crippen molar-refractivity contribution in [2.75, 3.05) is 13.6 Å². The molecule has 0 aromatic heterocycles. The van der Waals surface area contributed by atoms with Gasteiger partial charge in [0, 0.05) is 24.9 Å². The standard InChI is InChI=1S/C25H39N5O3/c1-29-23(32)25(28-24(29)26,13-12-18-7-3-2-4-8-18)16-19-9-5-11-21(15-19)27-22(31)20-10-6-14-30(33)17-20/h6,10,14,18-19,21,33H,2-5,7-9,11-13,15-17H2,1H3,(H2,26,28)(H,27,31)/t19-,21+,25+/m0/s1. The number of hydrogen-bond donors (Lipinski definition) is 3. The van der Waals surface area contributed by atoms with Crippen LogP contribution in [0, 0.1) is 11.8 Å². The fourth-order valence-electron chi connectivity index (χ4n) is 6.12. The molecule has 182 valence electrons. The lowest BCUT2D eigenvalue weighted by Gasteiger charge is -2.35.